The Hall–Kier alpha value is -2.91. The monoisotopic (exact) mass is 403 g/mol. The highest BCUT2D eigenvalue weighted by molar-refractivity contribution is 7.99. The van der Waals surface area contributed by atoms with E-state index >= 15 is 0 Å². The van der Waals surface area contributed by atoms with Gasteiger partial charge in [-0.3, -0.25) is 19.5 Å². The molecule has 0 fully saturated rings. The minimum absolute atomic E-state index is 0.0704. The van der Waals surface area contributed by atoms with E-state index in [0.717, 1.165) is 11.3 Å². The third-order valence-corrected chi connectivity index (χ3v) is 4.97. The molecule has 0 radical (unpaired) electrons. The van der Waals surface area contributed by atoms with Crippen molar-refractivity contribution in [2.45, 2.75) is 12.1 Å². The summed E-state index contributed by atoms with van der Waals surface area (Å²) in [4.78, 5) is 22.4. The maximum Gasteiger partial charge on any atom is 0.271 e. The number of hydrogen-bond acceptors (Lipinski definition) is 6. The summed E-state index contributed by atoms with van der Waals surface area (Å²) in [6, 6.07) is 11.3. The number of hydrogen-bond donors (Lipinski definition) is 1. The summed E-state index contributed by atoms with van der Waals surface area (Å²) in [6.07, 6.45) is 1.54. The number of thioether (sulfide) groups is 1. The number of amides is 1. The van der Waals surface area contributed by atoms with Gasteiger partial charge in [-0.1, -0.05) is 35.5 Å². The quantitative estimate of drug-likeness (QED) is 0.380. The first-order valence-corrected chi connectivity index (χ1v) is 9.14. The SMILES string of the molecule is Cc1ccc(-n2cnnc2SCC(=O)Nc2cccc([N+](=O)[O-])c2)cc1Cl. The van der Waals surface area contributed by atoms with E-state index in [1.165, 1.54) is 30.0 Å². The molecule has 1 amide bonds. The number of nitrogens with zero attached hydrogens (tertiary/aromatic N) is 4. The van der Waals surface area contributed by atoms with Crippen LogP contribution in [0.15, 0.2) is 53.9 Å². The molecule has 0 aliphatic rings. The van der Waals surface area contributed by atoms with E-state index in [1.54, 1.807) is 23.0 Å². The fourth-order valence-corrected chi connectivity index (χ4v) is 3.16. The standard InChI is InChI=1S/C17H14ClN5O3S/c1-11-5-6-13(8-15(11)18)22-10-19-21-17(22)27-9-16(24)20-12-3-2-4-14(7-12)23(25)26/h2-8,10H,9H2,1H3,(H,20,24). The summed E-state index contributed by atoms with van der Waals surface area (Å²) < 4.78 is 1.73. The third-order valence-electron chi connectivity index (χ3n) is 3.62. The number of non-ortho nitro benzene ring substituents is 1. The van der Waals surface area contributed by atoms with Gasteiger partial charge in [0.1, 0.15) is 6.33 Å². The first-order valence-electron chi connectivity index (χ1n) is 7.77. The van der Waals surface area contributed by atoms with Crippen LogP contribution in [-0.2, 0) is 4.79 Å². The van der Waals surface area contributed by atoms with Crippen molar-refractivity contribution in [3.05, 3.63) is 69.5 Å². The number of carbonyl (C=O) groups is 1. The Morgan fingerprint density at radius 1 is 1.33 bits per heavy atom. The third kappa shape index (κ3) is 4.63. The highest BCUT2D eigenvalue weighted by atomic mass is 35.5. The minimum atomic E-state index is -0.514. The summed E-state index contributed by atoms with van der Waals surface area (Å²) in [5.41, 5.74) is 2.02. The van der Waals surface area contributed by atoms with Crippen LogP contribution in [0.1, 0.15) is 5.56 Å². The van der Waals surface area contributed by atoms with E-state index in [1.807, 2.05) is 19.1 Å². The fraction of sp³-hybridized carbons (Fsp3) is 0.118. The molecular weight excluding hydrogens is 390 g/mol. The van der Waals surface area contributed by atoms with Gasteiger partial charge in [0.15, 0.2) is 5.16 Å². The zero-order valence-electron chi connectivity index (χ0n) is 14.1. The summed E-state index contributed by atoms with van der Waals surface area (Å²) in [5, 5.41) is 22.5. The lowest BCUT2D eigenvalue weighted by Gasteiger charge is -2.08. The van der Waals surface area contributed by atoms with Crippen LogP contribution in [0.25, 0.3) is 5.69 Å². The van der Waals surface area contributed by atoms with Gasteiger partial charge in [0, 0.05) is 22.8 Å². The zero-order chi connectivity index (χ0) is 19.4. The van der Waals surface area contributed by atoms with E-state index in [9.17, 15) is 14.9 Å². The minimum Gasteiger partial charge on any atom is -0.325 e. The van der Waals surface area contributed by atoms with Crippen molar-refractivity contribution in [1.82, 2.24) is 14.8 Å². The number of rotatable bonds is 6. The molecule has 2 aromatic carbocycles. The topological polar surface area (TPSA) is 103 Å². The molecule has 0 aliphatic carbocycles. The summed E-state index contributed by atoms with van der Waals surface area (Å²) in [7, 11) is 0. The molecule has 10 heteroatoms. The van der Waals surface area contributed by atoms with Crippen LogP contribution >= 0.6 is 23.4 Å². The van der Waals surface area contributed by atoms with Crippen molar-refractivity contribution in [3.63, 3.8) is 0 Å². The van der Waals surface area contributed by atoms with Crippen molar-refractivity contribution in [3.8, 4) is 5.69 Å². The Bertz CT molecular complexity index is 1010. The first-order chi connectivity index (χ1) is 12.9. The predicted octanol–water partition coefficient (Wildman–Crippen LogP) is 3.87. The lowest BCUT2D eigenvalue weighted by molar-refractivity contribution is -0.384. The van der Waals surface area contributed by atoms with Crippen LogP contribution in [0.4, 0.5) is 11.4 Å². The number of nitrogens with one attached hydrogen (secondary N) is 1. The number of nitro groups is 1. The van der Waals surface area contributed by atoms with Crippen molar-refractivity contribution in [1.29, 1.82) is 0 Å². The maximum absolute atomic E-state index is 12.2. The number of aryl methyl sites for hydroxylation is 1. The summed E-state index contributed by atoms with van der Waals surface area (Å²) in [6.45, 7) is 1.91. The van der Waals surface area contributed by atoms with E-state index in [2.05, 4.69) is 15.5 Å². The van der Waals surface area contributed by atoms with E-state index in [4.69, 9.17) is 11.6 Å². The molecule has 138 valence electrons. The van der Waals surface area contributed by atoms with Gasteiger partial charge < -0.3 is 5.32 Å². The number of benzene rings is 2. The van der Waals surface area contributed by atoms with Crippen LogP contribution in [0.5, 0.6) is 0 Å². The molecule has 1 N–H and O–H groups in total. The van der Waals surface area contributed by atoms with Crippen molar-refractivity contribution < 1.29 is 9.72 Å². The van der Waals surface area contributed by atoms with Gasteiger partial charge in [0.25, 0.3) is 5.69 Å². The number of anilines is 1. The van der Waals surface area contributed by atoms with Crippen LogP contribution in [0.2, 0.25) is 5.02 Å². The van der Waals surface area contributed by atoms with Crippen LogP contribution in [0.3, 0.4) is 0 Å². The van der Waals surface area contributed by atoms with Crippen molar-refractivity contribution in [2.24, 2.45) is 0 Å². The van der Waals surface area contributed by atoms with Crippen LogP contribution in [0, 0.1) is 17.0 Å². The second-order valence-electron chi connectivity index (χ2n) is 5.56. The molecule has 0 saturated heterocycles. The fourth-order valence-electron chi connectivity index (χ4n) is 2.26. The smallest absolute Gasteiger partial charge is 0.271 e. The average Bonchev–Trinajstić information content (AvgIpc) is 3.11. The molecule has 0 aliphatic heterocycles. The van der Waals surface area contributed by atoms with Gasteiger partial charge in [0.2, 0.25) is 5.91 Å². The molecule has 27 heavy (non-hydrogen) atoms. The highest BCUT2D eigenvalue weighted by Crippen LogP contribution is 2.24. The number of aromatic nitrogens is 3. The molecule has 0 saturated carbocycles. The second-order valence-corrected chi connectivity index (χ2v) is 6.91. The van der Waals surface area contributed by atoms with Gasteiger partial charge in [-0.15, -0.1) is 10.2 Å². The normalized spacial score (nSPS) is 10.6. The average molecular weight is 404 g/mol. The first kappa shape index (κ1) is 18.9. The Kier molecular flexibility index (Phi) is 5.72. The van der Waals surface area contributed by atoms with Gasteiger partial charge in [0.05, 0.1) is 16.4 Å². The zero-order valence-corrected chi connectivity index (χ0v) is 15.7. The van der Waals surface area contributed by atoms with Crippen molar-refractivity contribution in [2.75, 3.05) is 11.1 Å². The molecule has 8 nitrogen and oxygen atoms in total. The number of carbonyl (C=O) groups excluding carboxylic acids is 1. The van der Waals surface area contributed by atoms with Crippen LogP contribution < -0.4 is 5.32 Å². The van der Waals surface area contributed by atoms with Crippen molar-refractivity contribution >= 4 is 40.6 Å². The Morgan fingerprint density at radius 2 is 2.15 bits per heavy atom. The Morgan fingerprint density at radius 3 is 2.89 bits per heavy atom. The molecule has 0 atom stereocenters. The molecule has 0 unspecified atom stereocenters. The number of nitro benzene ring substituents is 1. The maximum atomic E-state index is 12.2. The second kappa shape index (κ2) is 8.19. The summed E-state index contributed by atoms with van der Waals surface area (Å²) >= 11 is 7.36. The molecule has 1 aromatic heterocycles. The van der Waals surface area contributed by atoms with Gasteiger partial charge in [-0.05, 0) is 30.7 Å². The molecule has 0 spiro atoms. The molecule has 1 heterocycles. The highest BCUT2D eigenvalue weighted by Gasteiger charge is 2.12. The molecule has 3 aromatic rings. The molecular formula is C17H14ClN5O3S. The molecule has 3 rings (SSSR count). The summed E-state index contributed by atoms with van der Waals surface area (Å²) in [5.74, 6) is -0.238. The van der Waals surface area contributed by atoms with E-state index in [-0.39, 0.29) is 17.3 Å². The predicted molar refractivity (Wildman–Crippen MR) is 104 cm³/mol. The van der Waals surface area contributed by atoms with Gasteiger partial charge in [-0.25, -0.2) is 0 Å². The van der Waals surface area contributed by atoms with E-state index < -0.39 is 4.92 Å². The molecule has 0 bridgehead atoms. The Labute approximate surface area is 163 Å². The Balaban J connectivity index is 1.66. The lowest BCUT2D eigenvalue weighted by Crippen LogP contribution is -2.14. The largest absolute Gasteiger partial charge is 0.325 e. The lowest BCUT2D eigenvalue weighted by atomic mass is 10.2. The van der Waals surface area contributed by atoms with Gasteiger partial charge >= 0.3 is 0 Å². The van der Waals surface area contributed by atoms with Gasteiger partial charge in [-0.2, -0.15) is 0 Å². The number of halogens is 1. The van der Waals surface area contributed by atoms with Crippen LogP contribution in [-0.4, -0.2) is 31.3 Å². The van der Waals surface area contributed by atoms with E-state index in [0.29, 0.717) is 15.9 Å².